The number of morpholine rings is 1. The van der Waals surface area contributed by atoms with Gasteiger partial charge in [0.15, 0.2) is 0 Å². The molecule has 1 N–H and O–H groups in total. The molecule has 2 atom stereocenters. The van der Waals surface area contributed by atoms with Crippen molar-refractivity contribution in [1.29, 1.82) is 5.26 Å². The summed E-state index contributed by atoms with van der Waals surface area (Å²) in [6.07, 6.45) is 4.38. The zero-order chi connectivity index (χ0) is 27.3. The summed E-state index contributed by atoms with van der Waals surface area (Å²) in [5.74, 6) is -0.344. The summed E-state index contributed by atoms with van der Waals surface area (Å²) in [5.41, 5.74) is 0.967. The van der Waals surface area contributed by atoms with E-state index in [1.54, 1.807) is 22.5 Å². The van der Waals surface area contributed by atoms with Gasteiger partial charge in [-0.05, 0) is 51.7 Å². The predicted molar refractivity (Wildman–Crippen MR) is 149 cm³/mol. The normalized spacial score (nSPS) is 21.1. The number of carbonyl (C=O) groups excluding carboxylic acids is 1. The average Bonchev–Trinajstić information content (AvgIpc) is 3.08. The number of carbonyl (C=O) groups is 2. The quantitative estimate of drug-likeness (QED) is 0.265. The van der Waals surface area contributed by atoms with Crippen LogP contribution in [-0.2, 0) is 20.9 Å². The smallest absolute Gasteiger partial charge is 0.303 e. The van der Waals surface area contributed by atoms with E-state index in [0.29, 0.717) is 78.0 Å². The lowest BCUT2D eigenvalue weighted by atomic mass is 10.0. The molecule has 0 aliphatic carbocycles. The van der Waals surface area contributed by atoms with E-state index in [2.05, 4.69) is 11.0 Å². The third-order valence-electron chi connectivity index (χ3n) is 6.43. The van der Waals surface area contributed by atoms with Gasteiger partial charge in [-0.1, -0.05) is 37.3 Å². The summed E-state index contributed by atoms with van der Waals surface area (Å²) in [6.45, 7) is 9.74. The first kappa shape index (κ1) is 28.9. The number of aromatic nitrogens is 1. The molecule has 2 aliphatic rings. The number of thiocarbonyl (C=S) groups is 1. The second-order valence-electron chi connectivity index (χ2n) is 9.51. The molecule has 0 spiro atoms. The Bertz CT molecular complexity index is 1190. The van der Waals surface area contributed by atoms with Crippen molar-refractivity contribution < 1.29 is 19.4 Å². The molecule has 0 bridgehead atoms. The number of anilines is 1. The van der Waals surface area contributed by atoms with Gasteiger partial charge in [-0.2, -0.15) is 5.26 Å². The van der Waals surface area contributed by atoms with Crippen molar-refractivity contribution in [3.63, 3.8) is 0 Å². The minimum absolute atomic E-state index is 0.0444. The molecule has 2 unspecified atom stereocenters. The maximum absolute atomic E-state index is 13.3. The molecule has 0 saturated carbocycles. The molecule has 11 heteroatoms. The Balaban J connectivity index is 2.03. The van der Waals surface area contributed by atoms with Crippen molar-refractivity contribution in [3.05, 3.63) is 31.9 Å². The Hall–Kier alpha value is -2.68. The fraction of sp³-hybridized carbons (Fsp3) is 0.577. The van der Waals surface area contributed by atoms with E-state index >= 15 is 0 Å². The molecule has 9 nitrogen and oxygen atoms in total. The molecule has 37 heavy (non-hydrogen) atoms. The van der Waals surface area contributed by atoms with E-state index < -0.39 is 5.97 Å². The number of hydrogen-bond acceptors (Lipinski definition) is 8. The van der Waals surface area contributed by atoms with Crippen molar-refractivity contribution in [3.8, 4) is 6.07 Å². The standard InChI is InChI=1S/C26H34N4O5S2/c1-5-10-29-23(28-14-16(2)35-17(3)15-28)19(18(4)20(13-27)24(29)33)12-21-25(34)30(26(36)37-21)11-8-6-7-9-22(31)32/h12,16-17H,5-11,14-15H2,1-4H3,(H,31,32). The fourth-order valence-electron chi connectivity index (χ4n) is 4.81. The Morgan fingerprint density at radius 2 is 1.89 bits per heavy atom. The number of carboxylic acid groups (broad SMARTS) is 1. The number of rotatable bonds is 10. The van der Waals surface area contributed by atoms with Gasteiger partial charge in [-0.25, -0.2) is 0 Å². The number of amides is 1. The highest BCUT2D eigenvalue weighted by molar-refractivity contribution is 8.26. The van der Waals surface area contributed by atoms with Crippen LogP contribution in [0.2, 0.25) is 0 Å². The summed E-state index contributed by atoms with van der Waals surface area (Å²) in [7, 11) is 0. The van der Waals surface area contributed by atoms with E-state index in [9.17, 15) is 19.6 Å². The zero-order valence-corrected chi connectivity index (χ0v) is 23.4. The predicted octanol–water partition coefficient (Wildman–Crippen LogP) is 3.90. The Morgan fingerprint density at radius 1 is 1.22 bits per heavy atom. The van der Waals surface area contributed by atoms with Gasteiger partial charge < -0.3 is 14.7 Å². The second-order valence-corrected chi connectivity index (χ2v) is 11.2. The summed E-state index contributed by atoms with van der Waals surface area (Å²) in [4.78, 5) is 41.5. The monoisotopic (exact) mass is 546 g/mol. The van der Waals surface area contributed by atoms with Gasteiger partial charge in [-0.15, -0.1) is 0 Å². The first-order chi connectivity index (χ1) is 17.6. The van der Waals surface area contributed by atoms with E-state index in [0.717, 1.165) is 0 Å². The van der Waals surface area contributed by atoms with Gasteiger partial charge in [0.1, 0.15) is 21.8 Å². The molecule has 200 valence electrons. The van der Waals surface area contributed by atoms with Crippen molar-refractivity contribution in [2.75, 3.05) is 24.5 Å². The number of nitriles is 1. The lowest BCUT2D eigenvalue weighted by Gasteiger charge is -2.39. The molecule has 1 amide bonds. The number of unbranched alkanes of at least 4 members (excludes halogenated alkanes) is 2. The van der Waals surface area contributed by atoms with Crippen LogP contribution in [0.1, 0.15) is 69.6 Å². The van der Waals surface area contributed by atoms with Crippen LogP contribution in [0.15, 0.2) is 9.70 Å². The van der Waals surface area contributed by atoms with Crippen LogP contribution in [0.25, 0.3) is 6.08 Å². The molecule has 1 aromatic heterocycles. The van der Waals surface area contributed by atoms with Crippen molar-refractivity contribution in [1.82, 2.24) is 9.47 Å². The minimum atomic E-state index is -0.829. The number of nitrogens with zero attached hydrogens (tertiary/aromatic N) is 4. The van der Waals surface area contributed by atoms with E-state index in [1.165, 1.54) is 11.8 Å². The van der Waals surface area contributed by atoms with Gasteiger partial charge in [0, 0.05) is 38.2 Å². The molecule has 1 aromatic rings. The number of pyridine rings is 1. The van der Waals surface area contributed by atoms with Crippen molar-refractivity contribution >= 4 is 52.1 Å². The van der Waals surface area contributed by atoms with Gasteiger partial charge in [0.2, 0.25) is 0 Å². The summed E-state index contributed by atoms with van der Waals surface area (Å²) in [6, 6.07) is 2.08. The van der Waals surface area contributed by atoms with Crippen LogP contribution in [0, 0.1) is 18.3 Å². The third kappa shape index (κ3) is 6.61. The molecular formula is C26H34N4O5S2. The Kier molecular flexibility index (Phi) is 9.93. The third-order valence-corrected chi connectivity index (χ3v) is 7.81. The zero-order valence-electron chi connectivity index (χ0n) is 21.8. The van der Waals surface area contributed by atoms with Gasteiger partial charge in [0.25, 0.3) is 11.5 Å². The van der Waals surface area contributed by atoms with Crippen molar-refractivity contribution in [2.24, 2.45) is 0 Å². The number of aliphatic carboxylic acids is 1. The van der Waals surface area contributed by atoms with E-state index in [4.69, 9.17) is 22.1 Å². The van der Waals surface area contributed by atoms with Gasteiger partial charge in [-0.3, -0.25) is 23.9 Å². The number of ether oxygens (including phenoxy) is 1. The highest BCUT2D eigenvalue weighted by Crippen LogP contribution is 2.36. The minimum Gasteiger partial charge on any atom is -0.481 e. The molecular weight excluding hydrogens is 512 g/mol. The molecule has 0 radical (unpaired) electrons. The number of hydrogen-bond donors (Lipinski definition) is 1. The molecule has 2 saturated heterocycles. The lowest BCUT2D eigenvalue weighted by molar-refractivity contribution is -0.137. The van der Waals surface area contributed by atoms with Crippen LogP contribution in [0.5, 0.6) is 0 Å². The molecule has 3 rings (SSSR count). The van der Waals surface area contributed by atoms with Gasteiger partial charge in [0.05, 0.1) is 17.1 Å². The number of carboxylic acids is 1. The topological polar surface area (TPSA) is 116 Å². The average molecular weight is 547 g/mol. The highest BCUT2D eigenvalue weighted by atomic mass is 32.2. The maximum atomic E-state index is 13.3. The number of thioether (sulfide) groups is 1. The fourth-order valence-corrected chi connectivity index (χ4v) is 6.10. The highest BCUT2D eigenvalue weighted by Gasteiger charge is 2.34. The first-order valence-corrected chi connectivity index (χ1v) is 13.9. The van der Waals surface area contributed by atoms with Crippen LogP contribution in [0.4, 0.5) is 5.82 Å². The van der Waals surface area contributed by atoms with E-state index in [1.807, 2.05) is 20.8 Å². The summed E-state index contributed by atoms with van der Waals surface area (Å²) >= 11 is 6.70. The summed E-state index contributed by atoms with van der Waals surface area (Å²) < 4.78 is 8.02. The molecule has 2 fully saturated rings. The van der Waals surface area contributed by atoms with Crippen LogP contribution in [0.3, 0.4) is 0 Å². The van der Waals surface area contributed by atoms with Crippen molar-refractivity contribution in [2.45, 2.75) is 78.6 Å². The maximum Gasteiger partial charge on any atom is 0.303 e. The Morgan fingerprint density at radius 3 is 2.49 bits per heavy atom. The van der Waals surface area contributed by atoms with Gasteiger partial charge >= 0.3 is 5.97 Å². The summed E-state index contributed by atoms with van der Waals surface area (Å²) in [5, 5.41) is 18.6. The van der Waals surface area contributed by atoms with Crippen LogP contribution >= 0.6 is 24.0 Å². The lowest BCUT2D eigenvalue weighted by Crippen LogP contribution is -2.48. The van der Waals surface area contributed by atoms with Crippen LogP contribution < -0.4 is 10.5 Å². The SMILES string of the molecule is CCCn1c(N2CC(C)OC(C)C2)c(C=C2SC(=S)N(CCCCCC(=O)O)C2=O)c(C)c(C#N)c1=O. The molecule has 0 aromatic carbocycles. The second kappa shape index (κ2) is 12.7. The molecule has 2 aliphatic heterocycles. The van der Waals surface area contributed by atoms with E-state index in [-0.39, 0.29) is 35.7 Å². The Labute approximate surface area is 227 Å². The first-order valence-electron chi connectivity index (χ1n) is 12.6. The molecule has 3 heterocycles. The largest absolute Gasteiger partial charge is 0.481 e. The van der Waals surface area contributed by atoms with Crippen LogP contribution in [-0.4, -0.2) is 62.6 Å².